The third kappa shape index (κ3) is 2.94. The Kier molecular flexibility index (Phi) is 3.72. The van der Waals surface area contributed by atoms with Crippen LogP contribution in [0.3, 0.4) is 0 Å². The molecular formula is C13H15N3O2. The highest BCUT2D eigenvalue weighted by Gasteiger charge is 2.08. The summed E-state index contributed by atoms with van der Waals surface area (Å²) in [6, 6.07) is 9.73. The zero-order valence-electron chi connectivity index (χ0n) is 10.2. The summed E-state index contributed by atoms with van der Waals surface area (Å²) in [5.41, 5.74) is 0.970. The van der Waals surface area contributed by atoms with E-state index in [0.717, 1.165) is 11.4 Å². The van der Waals surface area contributed by atoms with Crippen molar-refractivity contribution in [3.05, 3.63) is 36.2 Å². The molecule has 2 rings (SSSR count). The lowest BCUT2D eigenvalue weighted by atomic mass is 10.2. The van der Waals surface area contributed by atoms with E-state index in [1.54, 1.807) is 4.68 Å². The molecule has 1 N–H and O–H groups in total. The molecule has 0 aliphatic heterocycles. The van der Waals surface area contributed by atoms with Crippen LogP contribution >= 0.6 is 0 Å². The fraction of sp³-hybridized carbons (Fsp3) is 0.308. The second kappa shape index (κ2) is 5.44. The Balaban J connectivity index is 2.10. The highest BCUT2D eigenvalue weighted by Crippen LogP contribution is 2.14. The van der Waals surface area contributed by atoms with Crippen LogP contribution in [0.1, 0.15) is 18.7 Å². The highest BCUT2D eigenvalue weighted by molar-refractivity contribution is 5.66. The Morgan fingerprint density at radius 3 is 2.72 bits per heavy atom. The Hall–Kier alpha value is -2.17. The number of hydrogen-bond acceptors (Lipinski definition) is 3. The molecular weight excluding hydrogens is 230 g/mol. The van der Waals surface area contributed by atoms with Crippen LogP contribution in [-0.2, 0) is 11.3 Å². The van der Waals surface area contributed by atoms with E-state index in [-0.39, 0.29) is 6.42 Å². The van der Waals surface area contributed by atoms with Crippen LogP contribution in [0.4, 0.5) is 0 Å². The molecule has 0 atom stereocenters. The topological polar surface area (TPSA) is 68.0 Å². The number of aromatic nitrogens is 3. The number of hydrogen-bond donors (Lipinski definition) is 1. The van der Waals surface area contributed by atoms with Crippen LogP contribution in [0, 0.1) is 6.92 Å². The first-order chi connectivity index (χ1) is 8.66. The monoisotopic (exact) mass is 245 g/mol. The van der Waals surface area contributed by atoms with Crippen molar-refractivity contribution in [2.45, 2.75) is 26.3 Å². The normalized spacial score (nSPS) is 10.5. The van der Waals surface area contributed by atoms with Crippen LogP contribution < -0.4 is 0 Å². The van der Waals surface area contributed by atoms with Crippen molar-refractivity contribution in [3.8, 4) is 11.4 Å². The third-order valence-electron chi connectivity index (χ3n) is 2.65. The number of rotatable bonds is 5. The van der Waals surface area contributed by atoms with E-state index in [0.29, 0.717) is 18.8 Å². The molecule has 0 spiro atoms. The molecule has 94 valence electrons. The first kappa shape index (κ1) is 12.3. The van der Waals surface area contributed by atoms with E-state index < -0.39 is 5.97 Å². The molecule has 0 bridgehead atoms. The summed E-state index contributed by atoms with van der Waals surface area (Å²) in [6.45, 7) is 2.46. The zero-order chi connectivity index (χ0) is 13.0. The minimum Gasteiger partial charge on any atom is -0.481 e. The van der Waals surface area contributed by atoms with Gasteiger partial charge in [-0.15, -0.1) is 0 Å². The lowest BCUT2D eigenvalue weighted by Gasteiger charge is -2.00. The van der Waals surface area contributed by atoms with E-state index in [1.165, 1.54) is 0 Å². The molecule has 0 saturated heterocycles. The van der Waals surface area contributed by atoms with Gasteiger partial charge in [-0.3, -0.25) is 4.79 Å². The fourth-order valence-electron chi connectivity index (χ4n) is 1.72. The molecule has 1 aromatic carbocycles. The number of carboxylic acid groups (broad SMARTS) is 1. The van der Waals surface area contributed by atoms with Crippen LogP contribution in [0.5, 0.6) is 0 Å². The van der Waals surface area contributed by atoms with Gasteiger partial charge in [-0.05, 0) is 13.3 Å². The van der Waals surface area contributed by atoms with Crippen molar-refractivity contribution >= 4 is 5.97 Å². The SMILES string of the molecule is Cc1nc(-c2ccccc2)nn1CCCC(=O)O. The summed E-state index contributed by atoms with van der Waals surface area (Å²) in [4.78, 5) is 14.8. The Morgan fingerprint density at radius 1 is 1.33 bits per heavy atom. The standard InChI is InChI=1S/C13H15N3O2/c1-10-14-13(11-6-3-2-4-7-11)15-16(10)9-5-8-12(17)18/h2-4,6-7H,5,8-9H2,1H3,(H,17,18). The molecule has 1 aromatic heterocycles. The molecule has 18 heavy (non-hydrogen) atoms. The maximum absolute atomic E-state index is 10.5. The number of benzene rings is 1. The number of aliphatic carboxylic acids is 1. The first-order valence-electron chi connectivity index (χ1n) is 5.85. The number of nitrogens with zero attached hydrogens (tertiary/aromatic N) is 3. The number of aryl methyl sites for hydroxylation is 2. The van der Waals surface area contributed by atoms with Crippen molar-refractivity contribution < 1.29 is 9.90 Å². The van der Waals surface area contributed by atoms with Gasteiger partial charge in [0, 0.05) is 18.5 Å². The van der Waals surface area contributed by atoms with Crippen LogP contribution in [0.25, 0.3) is 11.4 Å². The summed E-state index contributed by atoms with van der Waals surface area (Å²) in [5, 5.41) is 13.0. The molecule has 0 aliphatic carbocycles. The maximum atomic E-state index is 10.5. The van der Waals surface area contributed by atoms with Crippen LogP contribution in [0.2, 0.25) is 0 Å². The average Bonchev–Trinajstić information content (AvgIpc) is 2.72. The van der Waals surface area contributed by atoms with Gasteiger partial charge in [0.25, 0.3) is 0 Å². The van der Waals surface area contributed by atoms with Gasteiger partial charge in [-0.2, -0.15) is 5.10 Å². The highest BCUT2D eigenvalue weighted by atomic mass is 16.4. The predicted molar refractivity (Wildman–Crippen MR) is 67.1 cm³/mol. The summed E-state index contributed by atoms with van der Waals surface area (Å²) < 4.78 is 1.76. The van der Waals surface area contributed by atoms with Gasteiger partial charge < -0.3 is 5.11 Å². The van der Waals surface area contributed by atoms with Gasteiger partial charge in [0.1, 0.15) is 5.82 Å². The first-order valence-corrected chi connectivity index (χ1v) is 5.85. The largest absolute Gasteiger partial charge is 0.481 e. The smallest absolute Gasteiger partial charge is 0.303 e. The Bertz CT molecular complexity index is 534. The minimum atomic E-state index is -0.781. The molecule has 5 nitrogen and oxygen atoms in total. The Morgan fingerprint density at radius 2 is 2.06 bits per heavy atom. The lowest BCUT2D eigenvalue weighted by Crippen LogP contribution is -2.05. The summed E-state index contributed by atoms with van der Waals surface area (Å²) >= 11 is 0. The zero-order valence-corrected chi connectivity index (χ0v) is 10.2. The third-order valence-corrected chi connectivity index (χ3v) is 2.65. The average molecular weight is 245 g/mol. The van der Waals surface area contributed by atoms with Gasteiger partial charge in [0.15, 0.2) is 5.82 Å². The predicted octanol–water partition coefficient (Wildman–Crippen LogP) is 2.12. The van der Waals surface area contributed by atoms with Crippen LogP contribution in [-0.4, -0.2) is 25.8 Å². The van der Waals surface area contributed by atoms with Gasteiger partial charge in [0.05, 0.1) is 0 Å². The molecule has 0 fully saturated rings. The van der Waals surface area contributed by atoms with Crippen molar-refractivity contribution in [2.24, 2.45) is 0 Å². The number of carbonyl (C=O) groups is 1. The summed E-state index contributed by atoms with van der Waals surface area (Å²) in [5.74, 6) is 0.707. The summed E-state index contributed by atoms with van der Waals surface area (Å²) in [6.07, 6.45) is 0.716. The molecule has 0 amide bonds. The van der Waals surface area contributed by atoms with E-state index in [1.807, 2.05) is 37.3 Å². The maximum Gasteiger partial charge on any atom is 0.303 e. The minimum absolute atomic E-state index is 0.153. The van der Waals surface area contributed by atoms with E-state index in [4.69, 9.17) is 5.11 Å². The van der Waals surface area contributed by atoms with Crippen LogP contribution in [0.15, 0.2) is 30.3 Å². The van der Waals surface area contributed by atoms with E-state index in [9.17, 15) is 4.79 Å². The molecule has 2 aromatic rings. The van der Waals surface area contributed by atoms with E-state index in [2.05, 4.69) is 10.1 Å². The Labute approximate surface area is 105 Å². The van der Waals surface area contributed by atoms with Crippen molar-refractivity contribution in [3.63, 3.8) is 0 Å². The van der Waals surface area contributed by atoms with Crippen molar-refractivity contribution in [2.75, 3.05) is 0 Å². The quantitative estimate of drug-likeness (QED) is 0.876. The van der Waals surface area contributed by atoms with Gasteiger partial charge in [-0.1, -0.05) is 30.3 Å². The molecule has 1 heterocycles. The lowest BCUT2D eigenvalue weighted by molar-refractivity contribution is -0.137. The molecule has 0 aliphatic rings. The van der Waals surface area contributed by atoms with Gasteiger partial charge in [0.2, 0.25) is 0 Å². The molecule has 0 saturated carbocycles. The van der Waals surface area contributed by atoms with Gasteiger partial charge in [-0.25, -0.2) is 9.67 Å². The number of carboxylic acids is 1. The second-order valence-corrected chi connectivity index (χ2v) is 4.07. The van der Waals surface area contributed by atoms with Crippen molar-refractivity contribution in [1.82, 2.24) is 14.8 Å². The second-order valence-electron chi connectivity index (χ2n) is 4.07. The fourth-order valence-corrected chi connectivity index (χ4v) is 1.72. The van der Waals surface area contributed by atoms with Crippen molar-refractivity contribution in [1.29, 1.82) is 0 Å². The molecule has 0 unspecified atom stereocenters. The molecule has 5 heteroatoms. The summed E-state index contributed by atoms with van der Waals surface area (Å²) in [7, 11) is 0. The van der Waals surface area contributed by atoms with Gasteiger partial charge >= 0.3 is 5.97 Å². The van der Waals surface area contributed by atoms with E-state index >= 15 is 0 Å². The molecule has 0 radical (unpaired) electrons.